The Morgan fingerprint density at radius 3 is 2.63 bits per heavy atom. The smallest absolute Gasteiger partial charge is 0.252 e. The van der Waals surface area contributed by atoms with Gasteiger partial charge in [-0.3, -0.25) is 14.5 Å². The van der Waals surface area contributed by atoms with Crippen molar-refractivity contribution in [3.63, 3.8) is 0 Å². The summed E-state index contributed by atoms with van der Waals surface area (Å²) < 4.78 is 0. The molecular weight excluding hydrogens is 358 g/mol. The number of rotatable bonds is 7. The minimum absolute atomic E-state index is 0.0956. The molecule has 0 bridgehead atoms. The predicted octanol–water partition coefficient (Wildman–Crippen LogP) is 2.83. The Balaban J connectivity index is 1.60. The highest BCUT2D eigenvalue weighted by molar-refractivity contribution is 8.00. The van der Waals surface area contributed by atoms with Crippen LogP contribution in [0.15, 0.2) is 59.5 Å². The van der Waals surface area contributed by atoms with Gasteiger partial charge in [0, 0.05) is 30.1 Å². The molecule has 1 aliphatic heterocycles. The van der Waals surface area contributed by atoms with Crippen molar-refractivity contribution in [1.82, 2.24) is 10.2 Å². The second-order valence-corrected chi connectivity index (χ2v) is 7.81. The van der Waals surface area contributed by atoms with E-state index in [0.717, 1.165) is 24.4 Å². The lowest BCUT2D eigenvalue weighted by Crippen LogP contribution is -2.37. The van der Waals surface area contributed by atoms with Crippen LogP contribution in [0.2, 0.25) is 0 Å². The Labute approximate surface area is 164 Å². The van der Waals surface area contributed by atoms with Gasteiger partial charge in [0.15, 0.2) is 0 Å². The van der Waals surface area contributed by atoms with Gasteiger partial charge in [-0.25, -0.2) is 0 Å². The molecule has 0 saturated carbocycles. The van der Waals surface area contributed by atoms with E-state index in [1.165, 1.54) is 17.3 Å². The number of benzene rings is 2. The molecule has 2 unspecified atom stereocenters. The van der Waals surface area contributed by atoms with Gasteiger partial charge in [-0.15, -0.1) is 11.8 Å². The Kier molecular flexibility index (Phi) is 6.53. The van der Waals surface area contributed by atoms with Gasteiger partial charge in [0.2, 0.25) is 5.91 Å². The Bertz CT molecular complexity index is 797. The Morgan fingerprint density at radius 2 is 1.89 bits per heavy atom. The first-order valence-corrected chi connectivity index (χ1v) is 10.1. The highest BCUT2D eigenvalue weighted by Crippen LogP contribution is 2.26. The van der Waals surface area contributed by atoms with Crippen LogP contribution >= 0.6 is 11.8 Å². The molecule has 5 nitrogen and oxygen atoms in total. The Hall–Kier alpha value is -2.31. The minimum atomic E-state index is -0.392. The molecular formula is C21H25N3O2S. The van der Waals surface area contributed by atoms with Crippen molar-refractivity contribution in [3.05, 3.63) is 65.7 Å². The van der Waals surface area contributed by atoms with Crippen molar-refractivity contribution < 1.29 is 9.59 Å². The predicted molar refractivity (Wildman–Crippen MR) is 109 cm³/mol. The summed E-state index contributed by atoms with van der Waals surface area (Å²) >= 11 is 1.30. The number of nitrogens with zero attached hydrogens (tertiary/aromatic N) is 1. The van der Waals surface area contributed by atoms with Gasteiger partial charge in [0.25, 0.3) is 5.91 Å². The molecule has 0 spiro atoms. The van der Waals surface area contributed by atoms with Crippen LogP contribution in [0.25, 0.3) is 0 Å². The zero-order valence-electron chi connectivity index (χ0n) is 15.4. The molecule has 3 rings (SSSR count). The van der Waals surface area contributed by atoms with E-state index in [2.05, 4.69) is 41.4 Å². The first-order chi connectivity index (χ1) is 13.0. The zero-order chi connectivity index (χ0) is 19.2. The van der Waals surface area contributed by atoms with Crippen LogP contribution in [-0.2, 0) is 4.79 Å². The number of hydrogen-bond donors (Lipinski definition) is 2. The number of carbonyl (C=O) groups excluding carboxylic acids is 2. The van der Waals surface area contributed by atoms with E-state index in [-0.39, 0.29) is 17.7 Å². The summed E-state index contributed by atoms with van der Waals surface area (Å²) in [6.45, 7) is 3.99. The van der Waals surface area contributed by atoms with E-state index >= 15 is 0 Å². The average molecular weight is 384 g/mol. The SMILES string of the molecule is CC(c1ccccc1)N1CCC(NC(=O)c2ccccc2SCC(N)=O)C1. The van der Waals surface area contributed by atoms with Gasteiger partial charge < -0.3 is 11.1 Å². The molecule has 142 valence electrons. The number of carbonyl (C=O) groups is 2. The lowest BCUT2D eigenvalue weighted by Gasteiger charge is -2.25. The molecule has 2 aromatic rings. The van der Waals surface area contributed by atoms with Crippen molar-refractivity contribution >= 4 is 23.6 Å². The van der Waals surface area contributed by atoms with Crippen LogP contribution in [0.4, 0.5) is 0 Å². The van der Waals surface area contributed by atoms with E-state index in [1.807, 2.05) is 24.3 Å². The lowest BCUT2D eigenvalue weighted by atomic mass is 10.1. The van der Waals surface area contributed by atoms with Crippen LogP contribution < -0.4 is 11.1 Å². The van der Waals surface area contributed by atoms with Crippen molar-refractivity contribution in [1.29, 1.82) is 0 Å². The zero-order valence-corrected chi connectivity index (χ0v) is 16.2. The number of thioether (sulfide) groups is 1. The third-order valence-corrected chi connectivity index (χ3v) is 5.98. The largest absolute Gasteiger partial charge is 0.369 e. The van der Waals surface area contributed by atoms with Crippen molar-refractivity contribution in [3.8, 4) is 0 Å². The number of nitrogens with two attached hydrogens (primary N) is 1. The van der Waals surface area contributed by atoms with E-state index in [4.69, 9.17) is 5.73 Å². The minimum Gasteiger partial charge on any atom is -0.369 e. The fourth-order valence-corrected chi connectivity index (χ4v) is 4.18. The van der Waals surface area contributed by atoms with E-state index < -0.39 is 5.91 Å². The van der Waals surface area contributed by atoms with Gasteiger partial charge in [0.05, 0.1) is 11.3 Å². The maximum Gasteiger partial charge on any atom is 0.252 e. The van der Waals surface area contributed by atoms with Gasteiger partial charge >= 0.3 is 0 Å². The van der Waals surface area contributed by atoms with Gasteiger partial charge in [-0.2, -0.15) is 0 Å². The molecule has 1 fully saturated rings. The molecule has 2 aromatic carbocycles. The number of amides is 2. The van der Waals surface area contributed by atoms with E-state index in [1.54, 1.807) is 6.07 Å². The molecule has 1 heterocycles. The van der Waals surface area contributed by atoms with Crippen LogP contribution in [0, 0.1) is 0 Å². The number of likely N-dealkylation sites (tertiary alicyclic amines) is 1. The van der Waals surface area contributed by atoms with Crippen LogP contribution in [0.3, 0.4) is 0 Å². The van der Waals surface area contributed by atoms with Crippen molar-refractivity contribution in [2.24, 2.45) is 5.73 Å². The molecule has 0 aliphatic carbocycles. The maximum atomic E-state index is 12.8. The normalized spacial score (nSPS) is 18.2. The fraction of sp³-hybridized carbons (Fsp3) is 0.333. The van der Waals surface area contributed by atoms with Crippen LogP contribution in [0.1, 0.15) is 35.3 Å². The molecule has 2 amide bonds. The topological polar surface area (TPSA) is 75.4 Å². The third kappa shape index (κ3) is 5.11. The number of hydrogen-bond acceptors (Lipinski definition) is 4. The summed E-state index contributed by atoms with van der Waals surface area (Å²) in [4.78, 5) is 27.0. The first-order valence-electron chi connectivity index (χ1n) is 9.14. The third-order valence-electron chi connectivity index (χ3n) is 4.89. The van der Waals surface area contributed by atoms with Gasteiger partial charge in [0.1, 0.15) is 0 Å². The molecule has 0 aromatic heterocycles. The number of primary amides is 1. The standard InChI is InChI=1S/C21H25N3O2S/c1-15(16-7-3-2-4-8-16)24-12-11-17(13-24)23-21(26)18-9-5-6-10-19(18)27-14-20(22)25/h2-10,15,17H,11-14H2,1H3,(H2,22,25)(H,23,26). The molecule has 3 N–H and O–H groups in total. The first kappa shape index (κ1) is 19.5. The average Bonchev–Trinajstić information content (AvgIpc) is 3.15. The molecule has 1 saturated heterocycles. The second-order valence-electron chi connectivity index (χ2n) is 6.79. The summed E-state index contributed by atoms with van der Waals surface area (Å²) in [6.07, 6.45) is 0.930. The van der Waals surface area contributed by atoms with Crippen LogP contribution in [0.5, 0.6) is 0 Å². The quantitative estimate of drug-likeness (QED) is 0.721. The number of nitrogens with one attached hydrogen (secondary N) is 1. The lowest BCUT2D eigenvalue weighted by molar-refractivity contribution is -0.115. The second kappa shape index (κ2) is 9.06. The van der Waals surface area contributed by atoms with Crippen LogP contribution in [-0.4, -0.2) is 41.6 Å². The summed E-state index contributed by atoms with van der Waals surface area (Å²) in [5.41, 5.74) is 7.11. The molecule has 1 aliphatic rings. The van der Waals surface area contributed by atoms with E-state index in [9.17, 15) is 9.59 Å². The fourth-order valence-electron chi connectivity index (χ4n) is 3.39. The highest BCUT2D eigenvalue weighted by atomic mass is 32.2. The monoisotopic (exact) mass is 383 g/mol. The molecule has 0 radical (unpaired) electrons. The van der Waals surface area contributed by atoms with Gasteiger partial charge in [-0.1, -0.05) is 42.5 Å². The summed E-state index contributed by atoms with van der Waals surface area (Å²) in [7, 11) is 0. The summed E-state index contributed by atoms with van der Waals surface area (Å²) in [6, 6.07) is 18.2. The van der Waals surface area contributed by atoms with Crippen molar-refractivity contribution in [2.75, 3.05) is 18.8 Å². The molecule has 2 atom stereocenters. The Morgan fingerprint density at radius 1 is 1.19 bits per heavy atom. The van der Waals surface area contributed by atoms with E-state index in [0.29, 0.717) is 11.6 Å². The molecule has 6 heteroatoms. The van der Waals surface area contributed by atoms with Gasteiger partial charge in [-0.05, 0) is 31.0 Å². The summed E-state index contributed by atoms with van der Waals surface area (Å²) in [5.74, 6) is -0.325. The summed E-state index contributed by atoms with van der Waals surface area (Å²) in [5, 5.41) is 3.15. The maximum absolute atomic E-state index is 12.8. The van der Waals surface area contributed by atoms with Crippen molar-refractivity contribution in [2.45, 2.75) is 30.3 Å². The molecule has 27 heavy (non-hydrogen) atoms. The highest BCUT2D eigenvalue weighted by Gasteiger charge is 2.28.